The summed E-state index contributed by atoms with van der Waals surface area (Å²) in [6.45, 7) is 25.7. The largest absolute Gasteiger partial charge is 0.386 e. The summed E-state index contributed by atoms with van der Waals surface area (Å²) in [4.78, 5) is 16.9. The van der Waals surface area contributed by atoms with Crippen molar-refractivity contribution in [3.05, 3.63) is 85.1 Å². The molecule has 0 spiro atoms. The van der Waals surface area contributed by atoms with Crippen molar-refractivity contribution in [3.63, 3.8) is 0 Å². The second-order valence-corrected chi connectivity index (χ2v) is 12.4. The van der Waals surface area contributed by atoms with Crippen LogP contribution < -0.4 is 16.0 Å². The number of anilines is 1. The number of nitrogens with one attached hydrogen (secondary N) is 3. The number of nitrogens with zero attached hydrogens (tertiary/aromatic N) is 4. The van der Waals surface area contributed by atoms with Gasteiger partial charge in [0.1, 0.15) is 17.7 Å². The third-order valence-corrected chi connectivity index (χ3v) is 9.15. The zero-order valence-electron chi connectivity index (χ0n) is 31.6. The molecule has 0 radical (unpaired) electrons. The van der Waals surface area contributed by atoms with E-state index in [0.29, 0.717) is 23.8 Å². The van der Waals surface area contributed by atoms with Gasteiger partial charge in [-0.1, -0.05) is 64.8 Å². The Balaban J connectivity index is 0.000000417. The lowest BCUT2D eigenvalue weighted by Crippen LogP contribution is -2.48. The van der Waals surface area contributed by atoms with E-state index in [-0.39, 0.29) is 29.7 Å². The minimum atomic E-state index is -0.852. The van der Waals surface area contributed by atoms with Gasteiger partial charge in [0, 0.05) is 57.6 Å². The predicted molar refractivity (Wildman–Crippen MR) is 203 cm³/mol. The first-order chi connectivity index (χ1) is 23.5. The van der Waals surface area contributed by atoms with E-state index in [0.717, 1.165) is 37.4 Å². The molecule has 2 fully saturated rings. The number of benzene rings is 1. The van der Waals surface area contributed by atoms with Gasteiger partial charge >= 0.3 is 0 Å². The monoisotopic (exact) mass is 686 g/mol. The molecule has 10 heteroatoms. The average molecular weight is 686 g/mol. The highest BCUT2D eigenvalue weighted by Gasteiger charge is 2.27. The first-order valence-electron chi connectivity index (χ1n) is 18.0. The maximum absolute atomic E-state index is 14.1. The molecule has 1 aliphatic carbocycles. The van der Waals surface area contributed by atoms with E-state index in [1.807, 2.05) is 40.0 Å². The standard InChI is InChI=1S/C18H29FN4.C15H23N3O.C4H7F.C2H6/c1-13(15-6-7-17(20-3)16(19)12-15)18(21-4)14(2)23-10-8-22(5)9-11-23;1-3-13(12-8-6-5-7-9-12)17-15(19)14-10-11-16-18(14)4-2;1-3-4(2)5;1-2/h6-7,12-13,18,20-21H,2,8-11H2,1,3-5H3;3,10-13H,1,4-9H2,2H3,(H,17,19);3-4H,1H2,2H3;1-2H3. The Hall–Kier alpha value is -3.50. The fourth-order valence-corrected chi connectivity index (χ4v) is 6.07. The second-order valence-electron chi connectivity index (χ2n) is 12.4. The third-order valence-electron chi connectivity index (χ3n) is 9.15. The van der Waals surface area contributed by atoms with Crippen molar-refractivity contribution in [1.82, 2.24) is 30.2 Å². The van der Waals surface area contributed by atoms with Crippen LogP contribution in [0.3, 0.4) is 0 Å². The number of rotatable bonds is 12. The van der Waals surface area contributed by atoms with Crippen LogP contribution in [0, 0.1) is 11.7 Å². The molecule has 2 heterocycles. The third kappa shape index (κ3) is 14.1. The molecule has 2 aliphatic rings. The van der Waals surface area contributed by atoms with Gasteiger partial charge < -0.3 is 25.8 Å². The van der Waals surface area contributed by atoms with Crippen molar-refractivity contribution in [2.24, 2.45) is 5.92 Å². The lowest BCUT2D eigenvalue weighted by atomic mass is 9.84. The molecule has 1 aromatic heterocycles. The van der Waals surface area contributed by atoms with Gasteiger partial charge in [-0.15, -0.1) is 13.2 Å². The lowest BCUT2D eigenvalue weighted by Gasteiger charge is -2.39. The average Bonchev–Trinajstić information content (AvgIpc) is 3.62. The van der Waals surface area contributed by atoms with Crippen LogP contribution in [-0.4, -0.2) is 91.1 Å². The SMILES string of the molecule is C=C(C(NC)C(C)c1ccc(NC)c(F)c1)N1CCN(C)CC1.C=CC(C)F.C=CC(NC(=O)c1ccnn1CC)C1CCCCC1.CC. The maximum atomic E-state index is 14.1. The minimum absolute atomic E-state index is 0.0465. The molecule has 4 unspecified atom stereocenters. The second kappa shape index (κ2) is 23.8. The summed E-state index contributed by atoms with van der Waals surface area (Å²) < 4.78 is 27.1. The molecule has 4 rings (SSSR count). The van der Waals surface area contributed by atoms with Gasteiger partial charge in [-0.25, -0.2) is 8.78 Å². The normalized spacial score (nSPS) is 17.2. The number of alkyl halides is 1. The number of aryl methyl sites for hydroxylation is 1. The smallest absolute Gasteiger partial charge is 0.270 e. The van der Waals surface area contributed by atoms with Crippen LogP contribution in [0.15, 0.2) is 68.0 Å². The fourth-order valence-electron chi connectivity index (χ4n) is 6.07. The molecule has 1 saturated heterocycles. The Labute approximate surface area is 296 Å². The molecule has 3 N–H and O–H groups in total. The molecule has 1 aromatic carbocycles. The van der Waals surface area contributed by atoms with Gasteiger partial charge in [0.05, 0.1) is 17.8 Å². The van der Waals surface area contributed by atoms with Crippen LogP contribution in [-0.2, 0) is 6.54 Å². The molecule has 0 bridgehead atoms. The number of piperazine rings is 1. The van der Waals surface area contributed by atoms with Crippen LogP contribution >= 0.6 is 0 Å². The predicted octanol–water partition coefficient (Wildman–Crippen LogP) is 7.64. The van der Waals surface area contributed by atoms with E-state index in [1.165, 1.54) is 45.1 Å². The maximum Gasteiger partial charge on any atom is 0.270 e. The Morgan fingerprint density at radius 3 is 2.14 bits per heavy atom. The summed E-state index contributed by atoms with van der Waals surface area (Å²) >= 11 is 0. The Bertz CT molecular complexity index is 1250. The van der Waals surface area contributed by atoms with Crippen LogP contribution in [0.25, 0.3) is 0 Å². The molecule has 276 valence electrons. The number of hydrogen-bond acceptors (Lipinski definition) is 6. The van der Waals surface area contributed by atoms with Crippen molar-refractivity contribution in [3.8, 4) is 0 Å². The van der Waals surface area contributed by atoms with E-state index in [2.05, 4.69) is 64.6 Å². The number of amides is 1. The zero-order chi connectivity index (χ0) is 36.9. The Morgan fingerprint density at radius 1 is 1.04 bits per heavy atom. The summed E-state index contributed by atoms with van der Waals surface area (Å²) in [5.41, 5.74) is 3.23. The summed E-state index contributed by atoms with van der Waals surface area (Å²) in [5.74, 6) is 0.424. The topological polar surface area (TPSA) is 77.5 Å². The van der Waals surface area contributed by atoms with Gasteiger partial charge in [0.15, 0.2) is 0 Å². The number of likely N-dealkylation sites (N-methyl/N-ethyl adjacent to an activating group) is 2. The van der Waals surface area contributed by atoms with Crippen molar-refractivity contribution in [2.75, 3.05) is 52.6 Å². The number of carbonyl (C=O) groups excluding carboxylic acids is 1. The quantitative estimate of drug-likeness (QED) is 0.200. The van der Waals surface area contributed by atoms with Gasteiger partial charge in [0.2, 0.25) is 0 Å². The number of halogens is 2. The summed E-state index contributed by atoms with van der Waals surface area (Å²) in [5, 5.41) is 13.5. The van der Waals surface area contributed by atoms with E-state index in [4.69, 9.17) is 0 Å². The van der Waals surface area contributed by atoms with Crippen molar-refractivity contribution in [2.45, 2.75) is 97.4 Å². The zero-order valence-corrected chi connectivity index (χ0v) is 31.6. The van der Waals surface area contributed by atoms with Crippen molar-refractivity contribution >= 4 is 11.6 Å². The van der Waals surface area contributed by atoms with Crippen molar-refractivity contribution < 1.29 is 13.6 Å². The summed E-state index contributed by atoms with van der Waals surface area (Å²) in [6, 6.07) is 7.34. The lowest BCUT2D eigenvalue weighted by molar-refractivity contribution is 0.0916. The Morgan fingerprint density at radius 2 is 1.65 bits per heavy atom. The molecule has 4 atom stereocenters. The molecule has 49 heavy (non-hydrogen) atoms. The van der Waals surface area contributed by atoms with Crippen LogP contribution in [0.5, 0.6) is 0 Å². The van der Waals surface area contributed by atoms with Crippen LogP contribution in [0.2, 0.25) is 0 Å². The minimum Gasteiger partial charge on any atom is -0.386 e. The van der Waals surface area contributed by atoms with E-state index < -0.39 is 6.17 Å². The molecular weight excluding hydrogens is 620 g/mol. The number of carbonyl (C=O) groups is 1. The number of allylic oxidation sites excluding steroid dienone is 1. The first kappa shape index (κ1) is 43.5. The molecule has 2 aromatic rings. The van der Waals surface area contributed by atoms with Gasteiger partial charge in [-0.3, -0.25) is 9.48 Å². The number of hydrogen-bond donors (Lipinski definition) is 3. The fraction of sp³-hybridized carbons (Fsp3) is 0.590. The van der Waals surface area contributed by atoms with Gasteiger partial charge in [-0.05, 0) is 70.5 Å². The number of aromatic nitrogens is 2. The highest BCUT2D eigenvalue weighted by atomic mass is 19.1. The molecule has 1 aliphatic heterocycles. The van der Waals surface area contributed by atoms with E-state index in [1.54, 1.807) is 36.1 Å². The molecular formula is C39H65F2N7O. The van der Waals surface area contributed by atoms with Gasteiger partial charge in [-0.2, -0.15) is 5.10 Å². The molecule has 8 nitrogen and oxygen atoms in total. The molecule has 1 amide bonds. The van der Waals surface area contributed by atoms with E-state index >= 15 is 0 Å². The highest BCUT2D eigenvalue weighted by molar-refractivity contribution is 5.92. The van der Waals surface area contributed by atoms with Gasteiger partial charge in [0.25, 0.3) is 5.91 Å². The first-order valence-corrected chi connectivity index (χ1v) is 18.0. The Kier molecular flexibility index (Phi) is 21.1. The van der Waals surface area contributed by atoms with Crippen molar-refractivity contribution in [1.29, 1.82) is 0 Å². The van der Waals surface area contributed by atoms with E-state index in [9.17, 15) is 13.6 Å². The van der Waals surface area contributed by atoms with Crippen LogP contribution in [0.4, 0.5) is 14.5 Å². The summed E-state index contributed by atoms with van der Waals surface area (Å²) in [6.07, 6.45) is 10.2. The highest BCUT2D eigenvalue weighted by Crippen LogP contribution is 2.28. The van der Waals surface area contributed by atoms with Crippen LogP contribution in [0.1, 0.15) is 88.7 Å². The molecule has 1 saturated carbocycles. The summed E-state index contributed by atoms with van der Waals surface area (Å²) in [7, 11) is 5.82.